The number of nitrogens with one attached hydrogen (secondary N) is 2. The molecule has 1 atom stereocenters. The van der Waals surface area contributed by atoms with Gasteiger partial charge in [0.15, 0.2) is 5.16 Å². The Morgan fingerprint density at radius 2 is 1.97 bits per heavy atom. The summed E-state index contributed by atoms with van der Waals surface area (Å²) in [6.07, 6.45) is 1.59. The van der Waals surface area contributed by atoms with Crippen molar-refractivity contribution >= 4 is 45.3 Å². The van der Waals surface area contributed by atoms with Crippen molar-refractivity contribution in [2.45, 2.75) is 43.6 Å². The van der Waals surface area contributed by atoms with Crippen LogP contribution in [0.15, 0.2) is 46.3 Å². The molecule has 0 aliphatic rings. The number of aryl methyl sites for hydroxylation is 1. The molecule has 0 aliphatic carbocycles. The number of hydrogen-bond donors (Lipinski definition) is 2. The summed E-state index contributed by atoms with van der Waals surface area (Å²) >= 11 is 2.68. The summed E-state index contributed by atoms with van der Waals surface area (Å²) in [6.45, 7) is 4.53. The van der Waals surface area contributed by atoms with Crippen LogP contribution in [0.2, 0.25) is 0 Å². The average Bonchev–Trinajstić information content (AvgIpc) is 3.18. The summed E-state index contributed by atoms with van der Waals surface area (Å²) in [5, 5.41) is 5.08. The van der Waals surface area contributed by atoms with Gasteiger partial charge in [-0.15, -0.1) is 11.3 Å². The van der Waals surface area contributed by atoms with Gasteiger partial charge >= 0.3 is 6.03 Å². The first-order chi connectivity index (χ1) is 14.5. The van der Waals surface area contributed by atoms with Crippen LogP contribution in [-0.2, 0) is 17.8 Å². The van der Waals surface area contributed by atoms with E-state index in [0.717, 1.165) is 23.3 Å². The summed E-state index contributed by atoms with van der Waals surface area (Å²) in [5.74, 6) is -0.469. The van der Waals surface area contributed by atoms with Gasteiger partial charge in [0, 0.05) is 18.5 Å². The van der Waals surface area contributed by atoms with E-state index in [1.54, 1.807) is 4.57 Å². The van der Waals surface area contributed by atoms with Crippen molar-refractivity contribution in [3.63, 3.8) is 0 Å². The molecule has 0 saturated carbocycles. The molecule has 7 nitrogen and oxygen atoms in total. The van der Waals surface area contributed by atoms with Gasteiger partial charge in [0.05, 0.1) is 5.39 Å². The standard InChI is InChI=1S/C21H24N4O3S2/c1-4-11-25-19(27)15-12-14(5-2)29-18(15)24-21(25)30-16(13-9-7-6-8-10-13)17(26)23-20(28)22-3/h6-10,12,16H,4-5,11H2,1-3H3,(H2,22,23,26,28)/t16-/m1/s1. The van der Waals surface area contributed by atoms with E-state index in [-0.39, 0.29) is 5.56 Å². The van der Waals surface area contributed by atoms with Crippen molar-refractivity contribution in [3.8, 4) is 0 Å². The van der Waals surface area contributed by atoms with Crippen LogP contribution >= 0.6 is 23.1 Å². The summed E-state index contributed by atoms with van der Waals surface area (Å²) < 4.78 is 1.63. The third-order valence-corrected chi connectivity index (χ3v) is 6.91. The van der Waals surface area contributed by atoms with E-state index in [2.05, 4.69) is 10.6 Å². The van der Waals surface area contributed by atoms with Crippen LogP contribution in [0.3, 0.4) is 0 Å². The molecule has 0 fully saturated rings. The summed E-state index contributed by atoms with van der Waals surface area (Å²) in [5.41, 5.74) is 0.626. The number of carbonyl (C=O) groups excluding carboxylic acids is 2. The Hall–Kier alpha value is -2.65. The Balaban J connectivity index is 2.08. The van der Waals surface area contributed by atoms with Crippen LogP contribution in [0.25, 0.3) is 10.2 Å². The maximum absolute atomic E-state index is 13.1. The van der Waals surface area contributed by atoms with Gasteiger partial charge in [-0.3, -0.25) is 19.5 Å². The predicted molar refractivity (Wildman–Crippen MR) is 121 cm³/mol. The molecule has 0 spiro atoms. The van der Waals surface area contributed by atoms with Gasteiger partial charge in [-0.05, 0) is 24.5 Å². The Morgan fingerprint density at radius 3 is 2.60 bits per heavy atom. The molecule has 3 aromatic rings. The summed E-state index contributed by atoms with van der Waals surface area (Å²) in [6, 6.07) is 10.5. The highest BCUT2D eigenvalue weighted by Crippen LogP contribution is 2.35. The molecule has 0 unspecified atom stereocenters. The number of fused-ring (bicyclic) bond motifs is 1. The summed E-state index contributed by atoms with van der Waals surface area (Å²) in [7, 11) is 1.45. The number of amides is 3. The monoisotopic (exact) mass is 444 g/mol. The smallest absolute Gasteiger partial charge is 0.321 e. The van der Waals surface area contributed by atoms with Crippen LogP contribution in [0.5, 0.6) is 0 Å². The van der Waals surface area contributed by atoms with E-state index < -0.39 is 17.2 Å². The van der Waals surface area contributed by atoms with Crippen molar-refractivity contribution in [2.24, 2.45) is 0 Å². The maximum atomic E-state index is 13.1. The Kier molecular flexibility index (Phi) is 7.28. The number of nitrogens with zero attached hydrogens (tertiary/aromatic N) is 2. The zero-order chi connectivity index (χ0) is 21.7. The number of carbonyl (C=O) groups is 2. The zero-order valence-corrected chi connectivity index (χ0v) is 18.7. The van der Waals surface area contributed by atoms with E-state index in [4.69, 9.17) is 4.98 Å². The van der Waals surface area contributed by atoms with Crippen LogP contribution in [0.1, 0.15) is 36.0 Å². The van der Waals surface area contributed by atoms with Gasteiger partial charge in [0.1, 0.15) is 10.1 Å². The molecule has 0 saturated heterocycles. The number of imide groups is 1. The topological polar surface area (TPSA) is 93.1 Å². The fourth-order valence-electron chi connectivity index (χ4n) is 2.98. The molecular formula is C21H24N4O3S2. The number of aromatic nitrogens is 2. The first-order valence-corrected chi connectivity index (χ1v) is 11.5. The number of benzene rings is 1. The molecule has 9 heteroatoms. The highest BCUT2D eigenvalue weighted by atomic mass is 32.2. The lowest BCUT2D eigenvalue weighted by Gasteiger charge is -2.18. The molecule has 0 bridgehead atoms. The minimum Gasteiger partial charge on any atom is -0.341 e. The van der Waals surface area contributed by atoms with Crippen molar-refractivity contribution in [1.29, 1.82) is 0 Å². The van der Waals surface area contributed by atoms with Gasteiger partial charge in [0.25, 0.3) is 5.56 Å². The molecular weight excluding hydrogens is 420 g/mol. The molecule has 30 heavy (non-hydrogen) atoms. The van der Waals surface area contributed by atoms with Gasteiger partial charge in [0.2, 0.25) is 5.91 Å². The lowest BCUT2D eigenvalue weighted by atomic mass is 10.1. The molecule has 2 N–H and O–H groups in total. The SMILES string of the molecule is CCCn1c(S[C@@H](C(=O)NC(=O)NC)c2ccccc2)nc2sc(CC)cc2c1=O. The number of thiophene rings is 1. The largest absolute Gasteiger partial charge is 0.341 e. The number of urea groups is 1. The number of hydrogen-bond acceptors (Lipinski definition) is 6. The Bertz CT molecular complexity index is 1110. The Labute approximate surface area is 182 Å². The van der Waals surface area contributed by atoms with E-state index in [0.29, 0.717) is 21.9 Å². The molecule has 158 valence electrons. The fourth-order valence-corrected chi connectivity index (χ4v) is 5.11. The van der Waals surface area contributed by atoms with Crippen LogP contribution in [-0.4, -0.2) is 28.5 Å². The quantitative estimate of drug-likeness (QED) is 0.428. The maximum Gasteiger partial charge on any atom is 0.321 e. The first-order valence-electron chi connectivity index (χ1n) is 9.75. The van der Waals surface area contributed by atoms with E-state index in [9.17, 15) is 14.4 Å². The molecule has 0 aliphatic heterocycles. The van der Waals surface area contributed by atoms with Crippen LogP contribution < -0.4 is 16.2 Å². The fraction of sp³-hybridized carbons (Fsp3) is 0.333. The van der Waals surface area contributed by atoms with Gasteiger partial charge in [-0.1, -0.05) is 55.9 Å². The molecule has 3 rings (SSSR count). The van der Waals surface area contributed by atoms with Crippen molar-refractivity contribution in [3.05, 3.63) is 57.2 Å². The molecule has 1 aromatic carbocycles. The number of thioether (sulfide) groups is 1. The average molecular weight is 445 g/mol. The van der Waals surface area contributed by atoms with Crippen molar-refractivity contribution in [2.75, 3.05) is 7.05 Å². The second kappa shape index (κ2) is 9.90. The van der Waals surface area contributed by atoms with E-state index in [1.807, 2.05) is 50.2 Å². The van der Waals surface area contributed by atoms with Gasteiger partial charge in [-0.25, -0.2) is 9.78 Å². The normalized spacial score (nSPS) is 12.0. The second-order valence-corrected chi connectivity index (χ2v) is 8.80. The van der Waals surface area contributed by atoms with E-state index in [1.165, 1.54) is 30.1 Å². The third-order valence-electron chi connectivity index (χ3n) is 4.49. The molecule has 0 radical (unpaired) electrons. The highest BCUT2D eigenvalue weighted by molar-refractivity contribution is 8.00. The number of rotatable bonds is 7. The van der Waals surface area contributed by atoms with Crippen LogP contribution in [0, 0.1) is 0 Å². The lowest BCUT2D eigenvalue weighted by molar-refractivity contribution is -0.119. The van der Waals surface area contributed by atoms with Gasteiger partial charge < -0.3 is 5.32 Å². The lowest BCUT2D eigenvalue weighted by Crippen LogP contribution is -2.39. The van der Waals surface area contributed by atoms with E-state index >= 15 is 0 Å². The third kappa shape index (κ3) is 4.73. The summed E-state index contributed by atoms with van der Waals surface area (Å²) in [4.78, 5) is 44.2. The molecule has 2 heterocycles. The van der Waals surface area contributed by atoms with Crippen molar-refractivity contribution < 1.29 is 9.59 Å². The first kappa shape index (κ1) is 22.0. The predicted octanol–water partition coefficient (Wildman–Crippen LogP) is 3.72. The van der Waals surface area contributed by atoms with Crippen LogP contribution in [0.4, 0.5) is 4.79 Å². The Morgan fingerprint density at radius 1 is 1.23 bits per heavy atom. The highest BCUT2D eigenvalue weighted by Gasteiger charge is 2.26. The molecule has 3 amide bonds. The van der Waals surface area contributed by atoms with Gasteiger partial charge in [-0.2, -0.15) is 0 Å². The molecule has 2 aromatic heterocycles. The minimum atomic E-state index is -0.735. The van der Waals surface area contributed by atoms with Crippen molar-refractivity contribution in [1.82, 2.24) is 20.2 Å². The zero-order valence-electron chi connectivity index (χ0n) is 17.1. The minimum absolute atomic E-state index is 0.0983. The second-order valence-electron chi connectivity index (χ2n) is 6.61.